The first-order valence-corrected chi connectivity index (χ1v) is 12.3. The SMILES string of the molecule is C=C1C(Nc2cc(N(C)C(=O)OC(C)(C)C)c3noc(C(=O)O)c3n2)=CC=CN1c1ncccc1NCCC. The van der Waals surface area contributed by atoms with E-state index in [1.54, 1.807) is 39.1 Å². The van der Waals surface area contributed by atoms with E-state index in [1.165, 1.54) is 11.9 Å². The molecule has 1 aliphatic rings. The topological polar surface area (TPSA) is 146 Å². The molecule has 1 amide bonds. The summed E-state index contributed by atoms with van der Waals surface area (Å²) in [6.07, 6.45) is 7.46. The minimum Gasteiger partial charge on any atom is -0.475 e. The lowest BCUT2D eigenvalue weighted by Crippen LogP contribution is -2.34. The molecule has 204 valence electrons. The molecule has 0 saturated heterocycles. The van der Waals surface area contributed by atoms with Gasteiger partial charge in [-0.2, -0.15) is 0 Å². The number of allylic oxidation sites excluding steroid dienone is 2. The second-order valence-electron chi connectivity index (χ2n) is 9.74. The molecule has 3 aromatic heterocycles. The smallest absolute Gasteiger partial charge is 0.414 e. The van der Waals surface area contributed by atoms with Crippen molar-refractivity contribution in [2.75, 3.05) is 34.0 Å². The molecule has 0 aromatic carbocycles. The normalized spacial score (nSPS) is 13.3. The van der Waals surface area contributed by atoms with Crippen LogP contribution in [0, 0.1) is 0 Å². The Labute approximate surface area is 225 Å². The van der Waals surface area contributed by atoms with Crippen molar-refractivity contribution in [3.63, 3.8) is 0 Å². The fourth-order valence-corrected chi connectivity index (χ4v) is 3.77. The molecule has 3 N–H and O–H groups in total. The Morgan fingerprint density at radius 1 is 1.28 bits per heavy atom. The van der Waals surface area contributed by atoms with Crippen LogP contribution in [0.15, 0.2) is 65.2 Å². The molecule has 0 radical (unpaired) electrons. The molecule has 3 aromatic rings. The number of amides is 1. The number of nitrogens with one attached hydrogen (secondary N) is 2. The molecule has 4 heterocycles. The molecule has 4 rings (SSSR count). The lowest BCUT2D eigenvalue weighted by Gasteiger charge is -2.28. The van der Waals surface area contributed by atoms with Gasteiger partial charge in [-0.25, -0.2) is 19.6 Å². The number of carboxylic acids is 1. The van der Waals surface area contributed by atoms with Gasteiger partial charge in [0.2, 0.25) is 0 Å². The van der Waals surface area contributed by atoms with Crippen molar-refractivity contribution in [2.45, 2.75) is 39.7 Å². The van der Waals surface area contributed by atoms with E-state index in [1.807, 2.05) is 29.3 Å². The number of fused-ring (bicyclic) bond motifs is 1. The van der Waals surface area contributed by atoms with Crippen LogP contribution < -0.4 is 20.4 Å². The maximum absolute atomic E-state index is 12.8. The summed E-state index contributed by atoms with van der Waals surface area (Å²) in [5, 5.41) is 20.0. The van der Waals surface area contributed by atoms with Crippen molar-refractivity contribution in [3.8, 4) is 0 Å². The second kappa shape index (κ2) is 10.9. The van der Waals surface area contributed by atoms with Crippen LogP contribution in [0.1, 0.15) is 44.7 Å². The summed E-state index contributed by atoms with van der Waals surface area (Å²) in [6, 6.07) is 5.36. The molecule has 0 unspecified atom stereocenters. The largest absolute Gasteiger partial charge is 0.475 e. The summed E-state index contributed by atoms with van der Waals surface area (Å²) in [7, 11) is 1.50. The average Bonchev–Trinajstić information content (AvgIpc) is 3.31. The number of nitrogens with zero attached hydrogens (tertiary/aromatic N) is 5. The molecule has 12 nitrogen and oxygen atoms in total. The van der Waals surface area contributed by atoms with Crippen LogP contribution in [0.4, 0.5) is 27.8 Å². The third kappa shape index (κ3) is 5.84. The van der Waals surface area contributed by atoms with Gasteiger partial charge in [0.25, 0.3) is 5.76 Å². The maximum Gasteiger partial charge on any atom is 0.414 e. The highest BCUT2D eigenvalue weighted by Crippen LogP contribution is 2.34. The highest BCUT2D eigenvalue weighted by Gasteiger charge is 2.28. The van der Waals surface area contributed by atoms with E-state index >= 15 is 0 Å². The third-order valence-corrected chi connectivity index (χ3v) is 5.58. The number of carbonyl (C=O) groups excluding carboxylic acids is 1. The molecule has 39 heavy (non-hydrogen) atoms. The summed E-state index contributed by atoms with van der Waals surface area (Å²) < 4.78 is 10.5. The fourth-order valence-electron chi connectivity index (χ4n) is 3.77. The van der Waals surface area contributed by atoms with Gasteiger partial charge in [0.15, 0.2) is 11.3 Å². The van der Waals surface area contributed by atoms with E-state index in [0.717, 1.165) is 18.7 Å². The lowest BCUT2D eigenvalue weighted by atomic mass is 10.2. The van der Waals surface area contributed by atoms with Gasteiger partial charge < -0.3 is 25.0 Å². The zero-order valence-electron chi connectivity index (χ0n) is 22.5. The molecule has 0 bridgehead atoms. The summed E-state index contributed by atoms with van der Waals surface area (Å²) in [4.78, 5) is 36.7. The Hall–Kier alpha value is -4.87. The molecule has 1 aliphatic heterocycles. The zero-order chi connectivity index (χ0) is 28.3. The van der Waals surface area contributed by atoms with Gasteiger partial charge in [-0.1, -0.05) is 18.7 Å². The standard InChI is InChI=1S/C27H31N7O5/c1-7-12-28-18-10-8-13-29-24(18)34-14-9-11-17(16(34)2)30-20-15-19(33(6)26(37)38-27(3,4)5)21-22(31-20)23(25(35)36)39-32-21/h8-11,13-15,28H,2,7,12H2,1,3-6H3,(H,30,31)(H,35,36). The van der Waals surface area contributed by atoms with Crippen molar-refractivity contribution >= 4 is 46.1 Å². The number of aromatic carboxylic acids is 1. The highest BCUT2D eigenvalue weighted by atomic mass is 16.6. The molecule has 12 heteroatoms. The predicted octanol–water partition coefficient (Wildman–Crippen LogP) is 5.35. The third-order valence-electron chi connectivity index (χ3n) is 5.58. The summed E-state index contributed by atoms with van der Waals surface area (Å²) in [6.45, 7) is 12.3. The Balaban J connectivity index is 1.70. The number of hydrogen-bond donors (Lipinski definition) is 3. The van der Waals surface area contributed by atoms with Crippen LogP contribution in [0.25, 0.3) is 11.0 Å². The van der Waals surface area contributed by atoms with Gasteiger partial charge in [-0.05, 0) is 51.5 Å². The quantitative estimate of drug-likeness (QED) is 0.344. The predicted molar refractivity (Wildman–Crippen MR) is 149 cm³/mol. The first kappa shape index (κ1) is 27.2. The van der Waals surface area contributed by atoms with Crippen LogP contribution in [0.2, 0.25) is 0 Å². The van der Waals surface area contributed by atoms with Gasteiger partial charge in [-0.15, -0.1) is 0 Å². The molecule has 0 fully saturated rings. The first-order chi connectivity index (χ1) is 18.5. The van der Waals surface area contributed by atoms with E-state index in [0.29, 0.717) is 17.2 Å². The second-order valence-corrected chi connectivity index (χ2v) is 9.74. The van der Waals surface area contributed by atoms with Crippen LogP contribution in [0.3, 0.4) is 0 Å². The van der Waals surface area contributed by atoms with E-state index < -0.39 is 23.4 Å². The Morgan fingerprint density at radius 2 is 2.05 bits per heavy atom. The Morgan fingerprint density at radius 3 is 2.74 bits per heavy atom. The summed E-state index contributed by atoms with van der Waals surface area (Å²) in [5.41, 5.74) is 1.58. The number of ether oxygens (including phenoxy) is 1. The van der Waals surface area contributed by atoms with Crippen molar-refractivity contribution in [3.05, 3.63) is 66.5 Å². The number of anilines is 4. The van der Waals surface area contributed by atoms with Gasteiger partial charge in [0, 0.05) is 32.1 Å². The monoisotopic (exact) mass is 533 g/mol. The van der Waals surface area contributed by atoms with E-state index in [4.69, 9.17) is 9.26 Å². The van der Waals surface area contributed by atoms with Crippen molar-refractivity contribution in [1.82, 2.24) is 15.1 Å². The fraction of sp³-hybridized carbons (Fsp3) is 0.296. The molecule has 0 aliphatic carbocycles. The van der Waals surface area contributed by atoms with Crippen molar-refractivity contribution < 1.29 is 24.0 Å². The van der Waals surface area contributed by atoms with E-state index in [9.17, 15) is 14.7 Å². The van der Waals surface area contributed by atoms with Crippen LogP contribution in [-0.2, 0) is 4.74 Å². The zero-order valence-corrected chi connectivity index (χ0v) is 22.5. The van der Waals surface area contributed by atoms with Crippen LogP contribution in [-0.4, -0.2) is 51.5 Å². The average molecular weight is 534 g/mol. The van der Waals surface area contributed by atoms with Crippen molar-refractivity contribution in [1.29, 1.82) is 0 Å². The number of pyridine rings is 2. The number of hydrogen-bond acceptors (Lipinski definition) is 10. The minimum atomic E-state index is -1.34. The number of carbonyl (C=O) groups is 2. The van der Waals surface area contributed by atoms with Crippen LogP contribution in [0.5, 0.6) is 0 Å². The van der Waals surface area contributed by atoms with Gasteiger partial charge in [0.1, 0.15) is 16.9 Å². The summed E-state index contributed by atoms with van der Waals surface area (Å²) in [5.74, 6) is -0.886. The lowest BCUT2D eigenvalue weighted by molar-refractivity contribution is 0.0588. The first-order valence-electron chi connectivity index (χ1n) is 12.3. The van der Waals surface area contributed by atoms with Crippen LogP contribution >= 0.6 is 0 Å². The number of carboxylic acid groups (broad SMARTS) is 1. The maximum atomic E-state index is 12.8. The highest BCUT2D eigenvalue weighted by molar-refractivity contribution is 6.05. The molecular weight excluding hydrogens is 502 g/mol. The van der Waals surface area contributed by atoms with E-state index in [2.05, 4.69) is 39.3 Å². The number of aromatic nitrogens is 3. The molecule has 0 spiro atoms. The molecule has 0 saturated carbocycles. The van der Waals surface area contributed by atoms with Gasteiger partial charge in [-0.3, -0.25) is 9.80 Å². The minimum absolute atomic E-state index is 0.0249. The van der Waals surface area contributed by atoms with Gasteiger partial charge >= 0.3 is 12.1 Å². The van der Waals surface area contributed by atoms with E-state index in [-0.39, 0.29) is 22.5 Å². The summed E-state index contributed by atoms with van der Waals surface area (Å²) >= 11 is 0. The van der Waals surface area contributed by atoms with Crippen molar-refractivity contribution in [2.24, 2.45) is 0 Å². The Kier molecular flexibility index (Phi) is 7.56. The Bertz CT molecular complexity index is 1490. The van der Waals surface area contributed by atoms with Gasteiger partial charge in [0.05, 0.1) is 22.8 Å². The molecular formula is C27H31N7O5. The molecule has 0 atom stereocenters. The number of rotatable bonds is 8.